The number of nitrogens with one attached hydrogen (secondary N) is 1. The first-order chi connectivity index (χ1) is 12.5. The standard InChI is InChI=1S/C18H18F2N4O2/c1-11(2)17-23-18(26-24-17)12-5-6-21-16(9-12)22-7-8-25-15-4-3-13(19)10-14(15)20/h3-6,9-11H,7-8H2,1-2H3,(H,21,22). The Bertz CT molecular complexity index is 883. The van der Waals surface area contributed by atoms with Crippen LogP contribution in [0.5, 0.6) is 5.75 Å². The molecule has 0 amide bonds. The van der Waals surface area contributed by atoms with Crippen molar-refractivity contribution >= 4 is 5.82 Å². The second kappa shape index (κ2) is 7.90. The van der Waals surface area contributed by atoms with Crippen molar-refractivity contribution in [1.29, 1.82) is 0 Å². The number of hydrogen-bond acceptors (Lipinski definition) is 6. The van der Waals surface area contributed by atoms with E-state index < -0.39 is 11.6 Å². The zero-order chi connectivity index (χ0) is 18.5. The Hall–Kier alpha value is -3.03. The van der Waals surface area contributed by atoms with E-state index in [1.54, 1.807) is 18.3 Å². The van der Waals surface area contributed by atoms with Crippen LogP contribution >= 0.6 is 0 Å². The lowest BCUT2D eigenvalue weighted by atomic mass is 10.2. The number of nitrogens with zero attached hydrogens (tertiary/aromatic N) is 3. The number of halogens is 2. The Morgan fingerprint density at radius 2 is 2.04 bits per heavy atom. The van der Waals surface area contributed by atoms with Crippen molar-refractivity contribution in [3.63, 3.8) is 0 Å². The quantitative estimate of drug-likeness (QED) is 0.642. The van der Waals surface area contributed by atoms with E-state index >= 15 is 0 Å². The fourth-order valence-electron chi connectivity index (χ4n) is 2.18. The minimum atomic E-state index is -0.734. The van der Waals surface area contributed by atoms with Gasteiger partial charge in [-0.15, -0.1) is 0 Å². The van der Waals surface area contributed by atoms with Crippen LogP contribution in [0.3, 0.4) is 0 Å². The zero-order valence-electron chi connectivity index (χ0n) is 14.4. The maximum atomic E-state index is 13.5. The molecule has 8 heteroatoms. The van der Waals surface area contributed by atoms with Gasteiger partial charge in [-0.1, -0.05) is 19.0 Å². The molecule has 0 atom stereocenters. The van der Waals surface area contributed by atoms with Crippen LogP contribution in [0.4, 0.5) is 14.6 Å². The van der Waals surface area contributed by atoms with Gasteiger partial charge in [-0.2, -0.15) is 4.98 Å². The molecular formula is C18H18F2N4O2. The average Bonchev–Trinajstić information content (AvgIpc) is 3.11. The molecule has 0 radical (unpaired) electrons. The number of anilines is 1. The Morgan fingerprint density at radius 3 is 2.77 bits per heavy atom. The molecule has 6 nitrogen and oxygen atoms in total. The third-order valence-corrected chi connectivity index (χ3v) is 3.52. The fraction of sp³-hybridized carbons (Fsp3) is 0.278. The summed E-state index contributed by atoms with van der Waals surface area (Å²) in [5, 5.41) is 7.00. The second-order valence-corrected chi connectivity index (χ2v) is 5.89. The lowest BCUT2D eigenvalue weighted by Crippen LogP contribution is -2.12. The maximum absolute atomic E-state index is 13.5. The van der Waals surface area contributed by atoms with Gasteiger partial charge in [0.25, 0.3) is 5.89 Å². The third-order valence-electron chi connectivity index (χ3n) is 3.52. The van der Waals surface area contributed by atoms with Crippen LogP contribution in [0.15, 0.2) is 41.1 Å². The summed E-state index contributed by atoms with van der Waals surface area (Å²) in [6.07, 6.45) is 1.62. The summed E-state index contributed by atoms with van der Waals surface area (Å²) in [7, 11) is 0. The van der Waals surface area contributed by atoms with Gasteiger partial charge in [0.1, 0.15) is 18.2 Å². The molecule has 0 unspecified atom stereocenters. The van der Waals surface area contributed by atoms with Gasteiger partial charge in [0, 0.05) is 23.7 Å². The Kier molecular flexibility index (Phi) is 5.40. The number of ether oxygens (including phenoxy) is 1. The van der Waals surface area contributed by atoms with Gasteiger partial charge in [-0.25, -0.2) is 13.8 Å². The molecule has 26 heavy (non-hydrogen) atoms. The van der Waals surface area contributed by atoms with Gasteiger partial charge >= 0.3 is 0 Å². The SMILES string of the molecule is CC(C)c1noc(-c2ccnc(NCCOc3ccc(F)cc3F)c2)n1. The van der Waals surface area contributed by atoms with Gasteiger partial charge < -0.3 is 14.6 Å². The molecule has 0 fully saturated rings. The van der Waals surface area contributed by atoms with Crippen molar-refractivity contribution < 1.29 is 18.0 Å². The van der Waals surface area contributed by atoms with E-state index in [-0.39, 0.29) is 18.3 Å². The molecule has 0 saturated carbocycles. The first-order valence-corrected chi connectivity index (χ1v) is 8.14. The average molecular weight is 360 g/mol. The van der Waals surface area contributed by atoms with Gasteiger partial charge in [-0.3, -0.25) is 0 Å². The fourth-order valence-corrected chi connectivity index (χ4v) is 2.18. The van der Waals surface area contributed by atoms with Gasteiger partial charge in [0.15, 0.2) is 17.4 Å². The van der Waals surface area contributed by atoms with Crippen LogP contribution in [-0.4, -0.2) is 28.3 Å². The van der Waals surface area contributed by atoms with Crippen LogP contribution in [-0.2, 0) is 0 Å². The van der Waals surface area contributed by atoms with Crippen LogP contribution in [0.1, 0.15) is 25.6 Å². The highest BCUT2D eigenvalue weighted by Gasteiger charge is 2.12. The number of rotatable bonds is 7. The molecule has 136 valence electrons. The summed E-state index contributed by atoms with van der Waals surface area (Å²) in [5.41, 5.74) is 0.743. The summed E-state index contributed by atoms with van der Waals surface area (Å²) in [6.45, 7) is 4.54. The predicted molar refractivity (Wildman–Crippen MR) is 92.0 cm³/mol. The smallest absolute Gasteiger partial charge is 0.258 e. The molecule has 3 aromatic rings. The highest BCUT2D eigenvalue weighted by atomic mass is 19.1. The second-order valence-electron chi connectivity index (χ2n) is 5.89. The van der Waals surface area contributed by atoms with Crippen LogP contribution in [0.25, 0.3) is 11.5 Å². The molecule has 0 aliphatic rings. The molecule has 1 aromatic carbocycles. The van der Waals surface area contributed by atoms with E-state index in [0.29, 0.717) is 24.1 Å². The molecule has 1 N–H and O–H groups in total. The molecule has 2 aromatic heterocycles. The molecule has 0 aliphatic heterocycles. The Balaban J connectivity index is 1.57. The molecule has 0 saturated heterocycles. The Morgan fingerprint density at radius 1 is 1.19 bits per heavy atom. The Labute approximate surface area is 149 Å². The third kappa shape index (κ3) is 4.33. The van der Waals surface area contributed by atoms with Gasteiger partial charge in [-0.05, 0) is 24.3 Å². The predicted octanol–water partition coefficient (Wildman–Crippen LogP) is 4.02. The molecule has 0 bridgehead atoms. The molecule has 2 heterocycles. The van der Waals surface area contributed by atoms with E-state index in [1.807, 2.05) is 13.8 Å². The normalized spacial score (nSPS) is 11.0. The minimum absolute atomic E-state index is 0.00184. The van der Waals surface area contributed by atoms with Gasteiger partial charge in [0.05, 0.1) is 6.54 Å². The first-order valence-electron chi connectivity index (χ1n) is 8.14. The maximum Gasteiger partial charge on any atom is 0.258 e. The number of benzene rings is 1. The molecular weight excluding hydrogens is 342 g/mol. The van der Waals surface area contributed by atoms with E-state index in [1.165, 1.54) is 6.07 Å². The topological polar surface area (TPSA) is 73.1 Å². The molecule has 0 aliphatic carbocycles. The number of aromatic nitrogens is 3. The summed E-state index contributed by atoms with van der Waals surface area (Å²) in [5.74, 6) is 0.454. The number of hydrogen-bond donors (Lipinski definition) is 1. The van der Waals surface area contributed by atoms with Gasteiger partial charge in [0.2, 0.25) is 0 Å². The van der Waals surface area contributed by atoms with E-state index in [0.717, 1.165) is 17.7 Å². The van der Waals surface area contributed by atoms with E-state index in [9.17, 15) is 8.78 Å². The van der Waals surface area contributed by atoms with Crippen molar-refractivity contribution in [2.45, 2.75) is 19.8 Å². The van der Waals surface area contributed by atoms with Crippen LogP contribution in [0, 0.1) is 11.6 Å². The van der Waals surface area contributed by atoms with Crippen LogP contribution < -0.4 is 10.1 Å². The lowest BCUT2D eigenvalue weighted by Gasteiger charge is -2.09. The summed E-state index contributed by atoms with van der Waals surface area (Å²) >= 11 is 0. The largest absolute Gasteiger partial charge is 0.489 e. The van der Waals surface area contributed by atoms with Crippen molar-refractivity contribution in [3.8, 4) is 17.2 Å². The van der Waals surface area contributed by atoms with Crippen molar-refractivity contribution in [2.75, 3.05) is 18.5 Å². The first kappa shape index (κ1) is 17.8. The summed E-state index contributed by atoms with van der Waals surface area (Å²) in [6, 6.07) is 6.73. The highest BCUT2D eigenvalue weighted by Crippen LogP contribution is 2.21. The van der Waals surface area contributed by atoms with E-state index in [4.69, 9.17) is 9.26 Å². The molecule has 0 spiro atoms. The summed E-state index contributed by atoms with van der Waals surface area (Å²) in [4.78, 5) is 8.54. The highest BCUT2D eigenvalue weighted by molar-refractivity contribution is 5.57. The number of pyridine rings is 1. The zero-order valence-corrected chi connectivity index (χ0v) is 14.4. The van der Waals surface area contributed by atoms with Crippen molar-refractivity contribution in [1.82, 2.24) is 15.1 Å². The summed E-state index contributed by atoms with van der Waals surface area (Å²) < 4.78 is 36.9. The van der Waals surface area contributed by atoms with Crippen molar-refractivity contribution in [2.24, 2.45) is 0 Å². The monoisotopic (exact) mass is 360 g/mol. The molecule has 3 rings (SSSR count). The van der Waals surface area contributed by atoms with E-state index in [2.05, 4.69) is 20.4 Å². The minimum Gasteiger partial charge on any atom is -0.489 e. The van der Waals surface area contributed by atoms with Crippen molar-refractivity contribution in [3.05, 3.63) is 54.0 Å². The van der Waals surface area contributed by atoms with Crippen LogP contribution in [0.2, 0.25) is 0 Å². The lowest BCUT2D eigenvalue weighted by molar-refractivity contribution is 0.314.